The van der Waals surface area contributed by atoms with E-state index in [-0.39, 0.29) is 0 Å². The average Bonchev–Trinajstić information content (AvgIpc) is 3.35. The van der Waals surface area contributed by atoms with Crippen LogP contribution < -0.4 is 0 Å². The minimum absolute atomic E-state index is 0.501. The summed E-state index contributed by atoms with van der Waals surface area (Å²) in [7, 11) is 0. The summed E-state index contributed by atoms with van der Waals surface area (Å²) in [6.45, 7) is 4.59. The van der Waals surface area contributed by atoms with Gasteiger partial charge in [-0.05, 0) is 30.7 Å². The molecule has 2 atom stereocenters. The van der Waals surface area contributed by atoms with Crippen molar-refractivity contribution < 1.29 is 0 Å². The molecule has 1 aliphatic heterocycles. The molecule has 1 aromatic carbocycles. The molecule has 0 fully saturated rings. The summed E-state index contributed by atoms with van der Waals surface area (Å²) in [5, 5.41) is 0. The molecule has 0 spiro atoms. The van der Waals surface area contributed by atoms with Crippen molar-refractivity contribution in [1.29, 1.82) is 0 Å². The van der Waals surface area contributed by atoms with Gasteiger partial charge in [-0.1, -0.05) is 144 Å². The van der Waals surface area contributed by atoms with Crippen LogP contribution >= 0.6 is 0 Å². The lowest BCUT2D eigenvalue weighted by Gasteiger charge is -2.26. The molecule has 0 bridgehead atoms. The van der Waals surface area contributed by atoms with Crippen molar-refractivity contribution >= 4 is 12.4 Å². The van der Waals surface area contributed by atoms with E-state index in [1.807, 2.05) is 12.4 Å². The first kappa shape index (κ1) is 26.7. The highest BCUT2D eigenvalue weighted by Gasteiger charge is 2.35. The van der Waals surface area contributed by atoms with Crippen LogP contribution in [0.3, 0.4) is 0 Å². The molecule has 32 heavy (non-hydrogen) atoms. The van der Waals surface area contributed by atoms with Gasteiger partial charge in [-0.15, -0.1) is 0 Å². The number of benzene rings is 1. The Bertz CT molecular complexity index is 595. The van der Waals surface area contributed by atoms with Crippen molar-refractivity contribution in [1.82, 2.24) is 0 Å². The largest absolute Gasteiger partial charge is 0.244 e. The number of rotatable bonds is 20. The lowest BCUT2D eigenvalue weighted by atomic mass is 9.78. The fraction of sp³-hybridized carbons (Fsp3) is 0.700. The van der Waals surface area contributed by atoms with Gasteiger partial charge >= 0.3 is 0 Å². The molecule has 1 aliphatic rings. The SMILES string of the molecule is CCCCCCCCCCCCC([C+]1N=CC=N1)C(CCCCCC)Cc1ccccc1. The van der Waals surface area contributed by atoms with Gasteiger partial charge in [0.1, 0.15) is 0 Å². The minimum Gasteiger partial charge on any atom is -0.0965 e. The highest BCUT2D eigenvalue weighted by Crippen LogP contribution is 2.37. The molecule has 0 saturated carbocycles. The van der Waals surface area contributed by atoms with Crippen LogP contribution in [0.1, 0.15) is 122 Å². The van der Waals surface area contributed by atoms with Crippen LogP contribution in [0.2, 0.25) is 0 Å². The van der Waals surface area contributed by atoms with E-state index in [9.17, 15) is 0 Å². The highest BCUT2D eigenvalue weighted by atomic mass is 15.0. The lowest BCUT2D eigenvalue weighted by Crippen LogP contribution is -2.22. The molecule has 2 heteroatoms. The van der Waals surface area contributed by atoms with Crippen molar-refractivity contribution in [3.63, 3.8) is 0 Å². The van der Waals surface area contributed by atoms with Gasteiger partial charge in [0.15, 0.2) is 12.4 Å². The first-order valence-electron chi connectivity index (χ1n) is 13.8. The Morgan fingerprint density at radius 3 is 1.72 bits per heavy atom. The Hall–Kier alpha value is -1.57. The molecular formula is C30H49N2+. The zero-order valence-electron chi connectivity index (χ0n) is 21.1. The number of hydrogen-bond donors (Lipinski definition) is 0. The van der Waals surface area contributed by atoms with E-state index in [0.717, 1.165) is 12.6 Å². The van der Waals surface area contributed by atoms with E-state index in [4.69, 9.17) is 0 Å². The average molecular weight is 438 g/mol. The third kappa shape index (κ3) is 11.3. The second kappa shape index (κ2) is 17.9. The molecule has 0 N–H and O–H groups in total. The maximum Gasteiger partial charge on any atom is 0.244 e. The van der Waals surface area contributed by atoms with E-state index in [0.29, 0.717) is 11.8 Å². The molecule has 178 valence electrons. The third-order valence-corrected chi connectivity index (χ3v) is 7.02. The zero-order chi connectivity index (χ0) is 22.7. The number of hydrogen-bond acceptors (Lipinski definition) is 2. The van der Waals surface area contributed by atoms with Crippen LogP contribution in [0, 0.1) is 18.0 Å². The quantitative estimate of drug-likeness (QED) is 0.143. The number of unbranched alkanes of at least 4 members (excludes halogenated alkanes) is 12. The van der Waals surface area contributed by atoms with Crippen molar-refractivity contribution in [2.24, 2.45) is 21.8 Å². The maximum absolute atomic E-state index is 4.68. The Morgan fingerprint density at radius 2 is 1.12 bits per heavy atom. The predicted molar refractivity (Wildman–Crippen MR) is 143 cm³/mol. The zero-order valence-corrected chi connectivity index (χ0v) is 21.1. The summed E-state index contributed by atoms with van der Waals surface area (Å²) in [4.78, 5) is 9.35. The molecule has 0 radical (unpaired) electrons. The fourth-order valence-corrected chi connectivity index (χ4v) is 5.07. The maximum atomic E-state index is 4.68. The molecule has 0 aromatic heterocycles. The van der Waals surface area contributed by atoms with Gasteiger partial charge in [0, 0.05) is 0 Å². The molecule has 1 heterocycles. The van der Waals surface area contributed by atoms with Crippen molar-refractivity contribution in [3.8, 4) is 0 Å². The second-order valence-electron chi connectivity index (χ2n) is 9.79. The fourth-order valence-electron chi connectivity index (χ4n) is 5.07. The van der Waals surface area contributed by atoms with Gasteiger partial charge in [0.05, 0.1) is 5.92 Å². The van der Waals surface area contributed by atoms with Crippen LogP contribution in [0.5, 0.6) is 0 Å². The Morgan fingerprint density at radius 1 is 0.625 bits per heavy atom. The van der Waals surface area contributed by atoms with Gasteiger partial charge in [-0.2, -0.15) is 0 Å². The van der Waals surface area contributed by atoms with Crippen LogP contribution in [0.25, 0.3) is 0 Å². The van der Waals surface area contributed by atoms with Gasteiger partial charge in [0.2, 0.25) is 6.17 Å². The molecular weight excluding hydrogens is 388 g/mol. The van der Waals surface area contributed by atoms with Crippen molar-refractivity contribution in [2.45, 2.75) is 123 Å². The monoisotopic (exact) mass is 437 g/mol. The van der Waals surface area contributed by atoms with Gasteiger partial charge < -0.3 is 0 Å². The highest BCUT2D eigenvalue weighted by molar-refractivity contribution is 6.18. The Labute approximate surface area is 199 Å². The van der Waals surface area contributed by atoms with Gasteiger partial charge in [0.25, 0.3) is 0 Å². The first-order chi connectivity index (χ1) is 15.8. The van der Waals surface area contributed by atoms with E-state index >= 15 is 0 Å². The summed E-state index contributed by atoms with van der Waals surface area (Å²) in [6, 6.07) is 11.1. The minimum atomic E-state index is 0.501. The lowest BCUT2D eigenvalue weighted by molar-refractivity contribution is 0.284. The van der Waals surface area contributed by atoms with Gasteiger partial charge in [-0.3, -0.25) is 0 Å². The summed E-state index contributed by atoms with van der Waals surface area (Å²) in [5.41, 5.74) is 1.47. The summed E-state index contributed by atoms with van der Waals surface area (Å²) < 4.78 is 0. The van der Waals surface area contributed by atoms with E-state index in [2.05, 4.69) is 54.2 Å². The predicted octanol–water partition coefficient (Wildman–Crippen LogP) is 9.39. The summed E-state index contributed by atoms with van der Waals surface area (Å²) >= 11 is 0. The second-order valence-corrected chi connectivity index (χ2v) is 9.79. The summed E-state index contributed by atoms with van der Waals surface area (Å²) in [5.74, 6) is 1.15. The Balaban J connectivity index is 1.83. The topological polar surface area (TPSA) is 24.7 Å². The van der Waals surface area contributed by atoms with E-state index < -0.39 is 0 Å². The van der Waals surface area contributed by atoms with E-state index in [1.165, 1.54) is 108 Å². The van der Waals surface area contributed by atoms with Gasteiger partial charge in [-0.25, -0.2) is 0 Å². The van der Waals surface area contributed by atoms with Crippen LogP contribution in [-0.2, 0) is 6.42 Å². The third-order valence-electron chi connectivity index (χ3n) is 7.02. The smallest absolute Gasteiger partial charge is 0.0965 e. The molecule has 2 nitrogen and oxygen atoms in total. The number of aliphatic imine (C=N–C) groups is 2. The normalized spacial score (nSPS) is 14.9. The Kier molecular flexibility index (Phi) is 14.9. The summed E-state index contributed by atoms with van der Waals surface area (Å²) in [6.07, 6.45) is 27.9. The van der Waals surface area contributed by atoms with Crippen LogP contribution in [-0.4, -0.2) is 12.4 Å². The molecule has 0 aliphatic carbocycles. The molecule has 1 aromatic rings. The van der Waals surface area contributed by atoms with Crippen molar-refractivity contribution in [3.05, 3.63) is 42.1 Å². The molecule has 0 saturated heterocycles. The molecule has 2 unspecified atom stereocenters. The number of nitrogens with zero attached hydrogens (tertiary/aromatic N) is 2. The molecule has 2 rings (SSSR count). The van der Waals surface area contributed by atoms with Crippen LogP contribution in [0.4, 0.5) is 0 Å². The van der Waals surface area contributed by atoms with Crippen LogP contribution in [0.15, 0.2) is 40.3 Å². The van der Waals surface area contributed by atoms with E-state index in [1.54, 1.807) is 0 Å². The molecule has 0 amide bonds. The standard InChI is InChI=1S/C30H49N2/c1-3-5-7-9-10-11-12-13-14-19-23-29(30-31-24-25-32-30)28(22-18-8-6-4-2)26-27-20-16-15-17-21-27/h15-17,20-21,24-25,28-29H,3-14,18-19,22-23,26H2,1-2H3/q+1. The first-order valence-corrected chi connectivity index (χ1v) is 13.8. The van der Waals surface area contributed by atoms with Crippen molar-refractivity contribution in [2.75, 3.05) is 0 Å².